The molecule has 4 nitrogen and oxygen atoms in total. The first kappa shape index (κ1) is 17.5. The van der Waals surface area contributed by atoms with E-state index in [9.17, 15) is 9.18 Å². The largest absolute Gasteiger partial charge is 0.454 e. The fourth-order valence-corrected chi connectivity index (χ4v) is 4.68. The number of hydrogen-bond donors (Lipinski definition) is 0. The Morgan fingerprint density at radius 1 is 1.19 bits per heavy atom. The topological polar surface area (TPSA) is 38.8 Å². The van der Waals surface area contributed by atoms with Crippen LogP contribution in [0.15, 0.2) is 36.4 Å². The van der Waals surface area contributed by atoms with E-state index >= 15 is 0 Å². The number of carbonyl (C=O) groups excluding carboxylic acids is 1. The molecule has 0 aromatic heterocycles. The minimum Gasteiger partial charge on any atom is -0.454 e. The van der Waals surface area contributed by atoms with Gasteiger partial charge in [-0.15, -0.1) is 0 Å². The molecule has 0 N–H and O–H groups in total. The van der Waals surface area contributed by atoms with E-state index in [4.69, 9.17) is 21.1 Å². The highest BCUT2D eigenvalue weighted by Gasteiger charge is 2.27. The van der Waals surface area contributed by atoms with Crippen LogP contribution in [-0.4, -0.2) is 36.4 Å². The Labute approximate surface area is 160 Å². The van der Waals surface area contributed by atoms with Crippen molar-refractivity contribution in [2.75, 3.05) is 25.6 Å². The van der Waals surface area contributed by atoms with Gasteiger partial charge in [0.2, 0.25) is 6.79 Å². The predicted molar refractivity (Wildman–Crippen MR) is 99.7 cm³/mol. The Kier molecular flexibility index (Phi) is 4.96. The normalized spacial score (nSPS) is 19.3. The van der Waals surface area contributed by atoms with E-state index in [1.165, 1.54) is 12.1 Å². The summed E-state index contributed by atoms with van der Waals surface area (Å²) in [4.78, 5) is 14.4. The third kappa shape index (κ3) is 3.35. The van der Waals surface area contributed by atoms with Gasteiger partial charge in [0, 0.05) is 24.1 Å². The van der Waals surface area contributed by atoms with Crippen LogP contribution in [0.3, 0.4) is 0 Å². The lowest BCUT2D eigenvalue weighted by Crippen LogP contribution is -2.33. The van der Waals surface area contributed by atoms with Crippen LogP contribution < -0.4 is 9.47 Å². The molecule has 1 atom stereocenters. The van der Waals surface area contributed by atoms with E-state index in [0.717, 1.165) is 29.2 Å². The fraction of sp³-hybridized carbons (Fsp3) is 0.316. The van der Waals surface area contributed by atoms with E-state index in [1.54, 1.807) is 22.7 Å². The number of rotatable bonds is 2. The molecule has 0 aliphatic carbocycles. The maximum Gasteiger partial charge on any atom is 0.258 e. The molecular formula is C19H17ClFNO3S. The summed E-state index contributed by atoms with van der Waals surface area (Å²) in [6.45, 7) is 1.37. The highest BCUT2D eigenvalue weighted by molar-refractivity contribution is 7.99. The zero-order valence-electron chi connectivity index (χ0n) is 13.9. The Hall–Kier alpha value is -1.92. The van der Waals surface area contributed by atoms with Crippen LogP contribution in [-0.2, 0) is 0 Å². The molecule has 0 bridgehead atoms. The molecule has 1 amide bonds. The second-order valence-electron chi connectivity index (χ2n) is 6.15. The zero-order valence-corrected chi connectivity index (χ0v) is 15.5. The van der Waals surface area contributed by atoms with Gasteiger partial charge < -0.3 is 14.4 Å². The van der Waals surface area contributed by atoms with Gasteiger partial charge in [-0.25, -0.2) is 4.39 Å². The third-order valence-electron chi connectivity index (χ3n) is 4.57. The van der Waals surface area contributed by atoms with Gasteiger partial charge in [-0.05, 0) is 36.2 Å². The second-order valence-corrected chi connectivity index (χ2v) is 7.87. The minimum absolute atomic E-state index is 0.0410. The van der Waals surface area contributed by atoms with Crippen molar-refractivity contribution in [3.8, 4) is 11.5 Å². The molecule has 136 valence electrons. The van der Waals surface area contributed by atoms with Crippen molar-refractivity contribution in [1.29, 1.82) is 0 Å². The van der Waals surface area contributed by atoms with Crippen LogP contribution in [0.5, 0.6) is 11.5 Å². The average molecular weight is 394 g/mol. The molecule has 2 heterocycles. The summed E-state index contributed by atoms with van der Waals surface area (Å²) in [5.74, 6) is 1.38. The lowest BCUT2D eigenvalue weighted by Gasteiger charge is -2.21. The molecule has 4 rings (SSSR count). The van der Waals surface area contributed by atoms with Gasteiger partial charge in [0.05, 0.1) is 10.6 Å². The number of amides is 1. The van der Waals surface area contributed by atoms with Gasteiger partial charge in [-0.1, -0.05) is 23.7 Å². The van der Waals surface area contributed by atoms with E-state index in [-0.39, 0.29) is 28.5 Å². The summed E-state index contributed by atoms with van der Waals surface area (Å²) >= 11 is 7.83. The standard InChI is InChI=1S/C19H17ClFNO3S/c20-13-2-1-3-14(21)18(13)19(23)22-7-6-17(26-9-8-22)12-4-5-15-16(10-12)25-11-24-15/h1-5,10,17H,6-9,11H2. The van der Waals surface area contributed by atoms with Crippen LogP contribution in [0.2, 0.25) is 5.02 Å². The Bertz CT molecular complexity index is 827. The number of halogens is 2. The van der Waals surface area contributed by atoms with Gasteiger partial charge >= 0.3 is 0 Å². The molecule has 0 saturated carbocycles. The van der Waals surface area contributed by atoms with Crippen molar-refractivity contribution in [2.24, 2.45) is 0 Å². The summed E-state index contributed by atoms with van der Waals surface area (Å²) in [5, 5.41) is 0.401. The number of fused-ring (bicyclic) bond motifs is 1. The maximum absolute atomic E-state index is 14.1. The molecule has 7 heteroatoms. The molecule has 2 aromatic carbocycles. The molecule has 1 fully saturated rings. The van der Waals surface area contributed by atoms with E-state index in [2.05, 4.69) is 0 Å². The predicted octanol–water partition coefficient (Wildman–Crippen LogP) is 4.53. The van der Waals surface area contributed by atoms with Crippen LogP contribution in [0.4, 0.5) is 4.39 Å². The first-order valence-corrected chi connectivity index (χ1v) is 9.80. The van der Waals surface area contributed by atoms with Gasteiger partial charge in [0.1, 0.15) is 5.82 Å². The number of benzene rings is 2. The van der Waals surface area contributed by atoms with Crippen LogP contribution >= 0.6 is 23.4 Å². The molecule has 2 aliphatic heterocycles. The highest BCUT2D eigenvalue weighted by Crippen LogP contribution is 2.40. The van der Waals surface area contributed by atoms with Crippen LogP contribution in [0.25, 0.3) is 0 Å². The number of hydrogen-bond acceptors (Lipinski definition) is 4. The van der Waals surface area contributed by atoms with E-state index in [1.807, 2.05) is 18.2 Å². The molecule has 2 aromatic rings. The van der Waals surface area contributed by atoms with Gasteiger partial charge in [0.15, 0.2) is 11.5 Å². The Morgan fingerprint density at radius 3 is 2.88 bits per heavy atom. The molecule has 2 aliphatic rings. The van der Waals surface area contributed by atoms with Crippen molar-refractivity contribution >= 4 is 29.3 Å². The minimum atomic E-state index is -0.577. The monoisotopic (exact) mass is 393 g/mol. The number of carbonyl (C=O) groups is 1. The van der Waals surface area contributed by atoms with Crippen molar-refractivity contribution in [3.05, 3.63) is 58.4 Å². The smallest absolute Gasteiger partial charge is 0.258 e. The summed E-state index contributed by atoms with van der Waals surface area (Å²) in [6, 6.07) is 10.3. The summed E-state index contributed by atoms with van der Waals surface area (Å²) in [7, 11) is 0. The third-order valence-corrected chi connectivity index (χ3v) is 6.22. The van der Waals surface area contributed by atoms with Crippen molar-refractivity contribution in [2.45, 2.75) is 11.7 Å². The first-order chi connectivity index (χ1) is 12.6. The van der Waals surface area contributed by atoms with Crippen molar-refractivity contribution in [3.63, 3.8) is 0 Å². The van der Waals surface area contributed by atoms with E-state index < -0.39 is 5.82 Å². The summed E-state index contributed by atoms with van der Waals surface area (Å²) in [5.41, 5.74) is 1.11. The Morgan fingerprint density at radius 2 is 2.04 bits per heavy atom. The maximum atomic E-state index is 14.1. The lowest BCUT2D eigenvalue weighted by atomic mass is 10.1. The SMILES string of the molecule is O=C(c1c(F)cccc1Cl)N1CCSC(c2ccc3c(c2)OCO3)CC1. The van der Waals surface area contributed by atoms with Gasteiger partial charge in [-0.3, -0.25) is 4.79 Å². The van der Waals surface area contributed by atoms with Gasteiger partial charge in [0.25, 0.3) is 5.91 Å². The van der Waals surface area contributed by atoms with Crippen LogP contribution in [0.1, 0.15) is 27.6 Å². The highest BCUT2D eigenvalue weighted by atomic mass is 35.5. The van der Waals surface area contributed by atoms with E-state index in [0.29, 0.717) is 13.1 Å². The number of ether oxygens (including phenoxy) is 2. The molecule has 26 heavy (non-hydrogen) atoms. The molecule has 0 spiro atoms. The van der Waals surface area contributed by atoms with Crippen molar-refractivity contribution in [1.82, 2.24) is 4.90 Å². The molecule has 0 radical (unpaired) electrons. The molecular weight excluding hydrogens is 377 g/mol. The van der Waals surface area contributed by atoms with Crippen LogP contribution in [0, 0.1) is 5.82 Å². The summed E-state index contributed by atoms with van der Waals surface area (Å²) < 4.78 is 24.9. The van der Waals surface area contributed by atoms with Gasteiger partial charge in [-0.2, -0.15) is 11.8 Å². The first-order valence-electron chi connectivity index (χ1n) is 8.38. The quantitative estimate of drug-likeness (QED) is 0.751. The molecule has 1 unspecified atom stereocenters. The average Bonchev–Trinajstić information content (AvgIpc) is 2.96. The number of thioether (sulfide) groups is 1. The lowest BCUT2D eigenvalue weighted by molar-refractivity contribution is 0.0762. The van der Waals surface area contributed by atoms with Crippen molar-refractivity contribution < 1.29 is 18.7 Å². The number of nitrogens with zero attached hydrogens (tertiary/aromatic N) is 1. The fourth-order valence-electron chi connectivity index (χ4n) is 3.21. The Balaban J connectivity index is 1.49. The summed E-state index contributed by atoms with van der Waals surface area (Å²) in [6.07, 6.45) is 0.780. The molecule has 1 saturated heterocycles. The second kappa shape index (κ2) is 7.37. The zero-order chi connectivity index (χ0) is 18.1.